The predicted octanol–water partition coefficient (Wildman–Crippen LogP) is 16.4. The van der Waals surface area contributed by atoms with Gasteiger partial charge in [0.2, 0.25) is 5.91 Å². The Kier molecular flexibility index (Phi) is 48.6. The Morgan fingerprint density at radius 3 is 1.29 bits per heavy atom. The molecule has 63 heavy (non-hydrogen) atoms. The molecule has 0 radical (unpaired) electrons. The Morgan fingerprint density at radius 2 is 0.857 bits per heavy atom. The zero-order valence-corrected chi connectivity index (χ0v) is 41.7. The van der Waals surface area contributed by atoms with Gasteiger partial charge < -0.3 is 20.3 Å². The van der Waals surface area contributed by atoms with Crippen molar-refractivity contribution in [1.29, 1.82) is 0 Å². The van der Waals surface area contributed by atoms with Crippen molar-refractivity contribution in [3.63, 3.8) is 0 Å². The molecule has 6 heteroatoms. The standard InChI is InChI=1S/C57H103NO5/c1-4-7-10-13-16-19-22-25-27-28-30-31-34-37-40-43-46-49-55(60)54(52-59)58-56(61)51-53(48-45-42-39-36-33-24-21-18-15-12-9-6-3)63-57(62)50-47-44-41-38-35-32-29-26-23-20-17-14-11-8-5-2/h8,11,14,17,20,23,26,29,32,35,53-55,59-60H,4-7,9-10,12-13,15-16,18-19,21-22,24-25,27-28,30-31,33-34,36-52H2,1-3H3,(H,58,61)/b11-8+,17-14+,23-20-,29-26-,35-32+. The minimum atomic E-state index is -0.796. The smallest absolute Gasteiger partial charge is 0.306 e. The molecule has 3 atom stereocenters. The van der Waals surface area contributed by atoms with Crippen molar-refractivity contribution in [1.82, 2.24) is 5.32 Å². The number of hydrogen-bond acceptors (Lipinski definition) is 5. The van der Waals surface area contributed by atoms with Gasteiger partial charge in [0.05, 0.1) is 25.2 Å². The molecule has 6 nitrogen and oxygen atoms in total. The molecule has 0 aliphatic heterocycles. The molecular formula is C57H103NO5. The Balaban J connectivity index is 4.56. The Bertz CT molecular complexity index is 1130. The molecule has 0 aromatic carbocycles. The van der Waals surface area contributed by atoms with E-state index in [4.69, 9.17) is 4.74 Å². The van der Waals surface area contributed by atoms with E-state index in [1.165, 1.54) is 148 Å². The maximum absolute atomic E-state index is 13.2. The lowest BCUT2D eigenvalue weighted by Gasteiger charge is -2.24. The number of aliphatic hydroxyl groups is 2. The van der Waals surface area contributed by atoms with Crippen LogP contribution in [0.2, 0.25) is 0 Å². The molecule has 0 spiro atoms. The molecule has 0 saturated carbocycles. The molecule has 3 N–H and O–H groups in total. The first-order valence-corrected chi connectivity index (χ1v) is 27.1. The number of nitrogens with one attached hydrogen (secondary N) is 1. The molecule has 0 fully saturated rings. The summed E-state index contributed by atoms with van der Waals surface area (Å²) in [6, 6.07) is -0.710. The van der Waals surface area contributed by atoms with E-state index in [0.717, 1.165) is 70.6 Å². The van der Waals surface area contributed by atoms with Gasteiger partial charge in [-0.1, -0.05) is 268 Å². The van der Waals surface area contributed by atoms with Gasteiger partial charge in [-0.3, -0.25) is 9.59 Å². The average molecular weight is 882 g/mol. The number of carbonyl (C=O) groups is 2. The van der Waals surface area contributed by atoms with Crippen molar-refractivity contribution >= 4 is 11.9 Å². The largest absolute Gasteiger partial charge is 0.462 e. The number of esters is 1. The first-order chi connectivity index (χ1) is 31.0. The monoisotopic (exact) mass is 882 g/mol. The molecule has 366 valence electrons. The minimum absolute atomic E-state index is 0.0613. The van der Waals surface area contributed by atoms with Crippen molar-refractivity contribution < 1.29 is 24.5 Å². The highest BCUT2D eigenvalue weighted by Crippen LogP contribution is 2.18. The molecule has 0 aliphatic carbocycles. The Morgan fingerprint density at radius 1 is 0.476 bits per heavy atom. The molecular weight excluding hydrogens is 779 g/mol. The second-order valence-electron chi connectivity index (χ2n) is 18.4. The molecule has 0 aliphatic rings. The predicted molar refractivity (Wildman–Crippen MR) is 273 cm³/mol. The van der Waals surface area contributed by atoms with Crippen molar-refractivity contribution in [2.45, 2.75) is 283 Å². The summed E-state index contributed by atoms with van der Waals surface area (Å²) in [7, 11) is 0. The fourth-order valence-electron chi connectivity index (χ4n) is 8.16. The molecule has 0 aromatic heterocycles. The van der Waals surface area contributed by atoms with Gasteiger partial charge in [0.1, 0.15) is 6.10 Å². The molecule has 3 unspecified atom stereocenters. The number of allylic oxidation sites excluding steroid dienone is 10. The normalized spacial score (nSPS) is 13.7. The number of hydrogen-bond donors (Lipinski definition) is 3. The summed E-state index contributed by atoms with van der Waals surface area (Å²) in [5.41, 5.74) is 0. The van der Waals surface area contributed by atoms with E-state index in [2.05, 4.69) is 50.4 Å². The van der Waals surface area contributed by atoms with Crippen LogP contribution in [0.15, 0.2) is 60.8 Å². The third-order valence-electron chi connectivity index (χ3n) is 12.2. The number of aliphatic hydroxyl groups excluding tert-OH is 2. The average Bonchev–Trinajstić information content (AvgIpc) is 3.28. The number of unbranched alkanes of at least 4 members (excludes halogenated alkanes) is 30. The van der Waals surface area contributed by atoms with Crippen molar-refractivity contribution in [2.75, 3.05) is 6.61 Å². The minimum Gasteiger partial charge on any atom is -0.462 e. The maximum Gasteiger partial charge on any atom is 0.306 e. The van der Waals surface area contributed by atoms with Crippen molar-refractivity contribution in [2.24, 2.45) is 0 Å². The third kappa shape index (κ3) is 45.9. The molecule has 0 rings (SSSR count). The van der Waals surface area contributed by atoms with Crippen LogP contribution in [0.25, 0.3) is 0 Å². The first-order valence-electron chi connectivity index (χ1n) is 27.1. The summed E-state index contributed by atoms with van der Waals surface area (Å²) in [5, 5.41) is 23.8. The van der Waals surface area contributed by atoms with Crippen molar-refractivity contribution in [3.8, 4) is 0 Å². The zero-order valence-electron chi connectivity index (χ0n) is 41.7. The number of carbonyl (C=O) groups excluding carboxylic acids is 2. The highest BCUT2D eigenvalue weighted by atomic mass is 16.5. The van der Waals surface area contributed by atoms with E-state index in [1.807, 2.05) is 36.5 Å². The fourth-order valence-corrected chi connectivity index (χ4v) is 8.16. The lowest BCUT2D eigenvalue weighted by atomic mass is 10.0. The zero-order chi connectivity index (χ0) is 45.9. The summed E-state index contributed by atoms with van der Waals surface area (Å²) in [6.07, 6.45) is 62.8. The van der Waals surface area contributed by atoms with E-state index in [9.17, 15) is 19.8 Å². The van der Waals surface area contributed by atoms with E-state index < -0.39 is 18.2 Å². The van der Waals surface area contributed by atoms with Crippen LogP contribution in [-0.2, 0) is 14.3 Å². The highest BCUT2D eigenvalue weighted by molar-refractivity contribution is 5.77. The van der Waals surface area contributed by atoms with E-state index >= 15 is 0 Å². The second kappa shape index (κ2) is 50.6. The lowest BCUT2D eigenvalue weighted by molar-refractivity contribution is -0.151. The van der Waals surface area contributed by atoms with Crippen LogP contribution in [0, 0.1) is 0 Å². The van der Waals surface area contributed by atoms with Gasteiger partial charge in [0, 0.05) is 6.42 Å². The molecule has 0 bridgehead atoms. The van der Waals surface area contributed by atoms with Gasteiger partial charge in [-0.05, 0) is 44.9 Å². The van der Waals surface area contributed by atoms with E-state index in [1.54, 1.807) is 0 Å². The number of ether oxygens (including phenoxy) is 1. The molecule has 0 heterocycles. The summed E-state index contributed by atoms with van der Waals surface area (Å²) in [4.78, 5) is 26.2. The van der Waals surface area contributed by atoms with E-state index in [-0.39, 0.29) is 24.9 Å². The van der Waals surface area contributed by atoms with Gasteiger partial charge >= 0.3 is 5.97 Å². The molecule has 0 aromatic rings. The molecule has 0 saturated heterocycles. The van der Waals surface area contributed by atoms with Crippen LogP contribution in [0.3, 0.4) is 0 Å². The van der Waals surface area contributed by atoms with Gasteiger partial charge in [0.15, 0.2) is 0 Å². The van der Waals surface area contributed by atoms with Gasteiger partial charge in [-0.2, -0.15) is 0 Å². The SMILES string of the molecule is CC/C=C/C=C/C=C\C=C/C=C/CCCCCC(=O)OC(CCCCCCCCCCCCCC)CC(=O)NC(CO)C(O)CCCCCCCCCCCCCCCCCCC. The van der Waals surface area contributed by atoms with Crippen LogP contribution in [0.5, 0.6) is 0 Å². The second-order valence-corrected chi connectivity index (χ2v) is 18.4. The lowest BCUT2D eigenvalue weighted by Crippen LogP contribution is -2.46. The first kappa shape index (κ1) is 60.6. The Hall–Kier alpha value is -2.44. The number of amides is 1. The fraction of sp³-hybridized carbons (Fsp3) is 0.789. The summed E-state index contributed by atoms with van der Waals surface area (Å²) >= 11 is 0. The van der Waals surface area contributed by atoms with E-state index in [0.29, 0.717) is 19.3 Å². The van der Waals surface area contributed by atoms with Gasteiger partial charge in [-0.15, -0.1) is 0 Å². The summed E-state index contributed by atoms with van der Waals surface area (Å²) < 4.78 is 5.92. The van der Waals surface area contributed by atoms with Crippen molar-refractivity contribution in [3.05, 3.63) is 60.8 Å². The summed E-state index contributed by atoms with van der Waals surface area (Å²) in [6.45, 7) is 6.35. The topological polar surface area (TPSA) is 95.9 Å². The van der Waals surface area contributed by atoms with Gasteiger partial charge in [0.25, 0.3) is 0 Å². The highest BCUT2D eigenvalue weighted by Gasteiger charge is 2.24. The third-order valence-corrected chi connectivity index (χ3v) is 12.2. The maximum atomic E-state index is 13.2. The van der Waals surface area contributed by atoms with Gasteiger partial charge in [-0.25, -0.2) is 0 Å². The molecule has 1 amide bonds. The van der Waals surface area contributed by atoms with Crippen LogP contribution < -0.4 is 5.32 Å². The van der Waals surface area contributed by atoms with Crippen LogP contribution in [0.4, 0.5) is 0 Å². The van der Waals surface area contributed by atoms with Crippen LogP contribution in [-0.4, -0.2) is 46.9 Å². The number of rotatable bonds is 48. The quantitative estimate of drug-likeness (QED) is 0.0321. The Labute approximate surface area is 390 Å². The van der Waals surface area contributed by atoms with Crippen LogP contribution in [0.1, 0.15) is 265 Å². The van der Waals surface area contributed by atoms with Crippen LogP contribution >= 0.6 is 0 Å². The summed E-state index contributed by atoms with van der Waals surface area (Å²) in [5.74, 6) is -0.516.